The summed E-state index contributed by atoms with van der Waals surface area (Å²) < 4.78 is 0. The molecule has 0 aromatic carbocycles. The van der Waals surface area contributed by atoms with Crippen LogP contribution in [-0.4, -0.2) is 0 Å². The average Bonchev–Trinajstić information content (AvgIpc) is 1.00. The average molecular weight is 131 g/mol. The molecule has 0 heterocycles. The molecule has 0 aromatic heterocycles. The standard InChI is InChI=1S/O2.H2S.Zn/c1-2;;/h;1H2;/q-2;;+2. The molecular formula is H2O2SZn. The zero-order chi connectivity index (χ0) is 2.00. The van der Waals surface area contributed by atoms with E-state index in [4.69, 9.17) is 10.5 Å². The van der Waals surface area contributed by atoms with Crippen LogP contribution in [0.3, 0.4) is 0 Å². The molecular weight excluding hydrogens is 129 g/mol. The molecule has 0 rings (SSSR count). The van der Waals surface area contributed by atoms with Crippen molar-refractivity contribution in [3.05, 3.63) is 0 Å². The molecule has 0 saturated heterocycles. The van der Waals surface area contributed by atoms with E-state index >= 15 is 0 Å². The van der Waals surface area contributed by atoms with Gasteiger partial charge < -0.3 is 10.5 Å². The first-order chi connectivity index (χ1) is 1.00. The molecule has 0 spiro atoms. The van der Waals surface area contributed by atoms with Crippen molar-refractivity contribution in [2.45, 2.75) is 0 Å². The Labute approximate surface area is 44.0 Å². The second-order valence-corrected chi connectivity index (χ2v) is 0. The summed E-state index contributed by atoms with van der Waals surface area (Å²) in [6.45, 7) is 0. The van der Waals surface area contributed by atoms with Crippen LogP contribution in [-0.2, 0) is 19.5 Å². The molecule has 2 nitrogen and oxygen atoms in total. The summed E-state index contributed by atoms with van der Waals surface area (Å²) in [5.74, 6) is 0. The Hall–Kier alpha value is 0.893. The predicted molar refractivity (Wildman–Crippen MR) is 10.4 cm³/mol. The zero-order valence-corrected chi connectivity index (χ0v) is 5.99. The smallest absolute Gasteiger partial charge is 1.00 e. The van der Waals surface area contributed by atoms with E-state index in [-0.39, 0.29) is 33.0 Å². The minimum atomic E-state index is 0. The number of rotatable bonds is 0. The second kappa shape index (κ2) is 40.8. The third-order valence-electron chi connectivity index (χ3n) is 0. The minimum Gasteiger partial charge on any atom is -1.00 e. The van der Waals surface area contributed by atoms with Crippen molar-refractivity contribution in [3.63, 3.8) is 0 Å². The molecule has 4 heteroatoms. The van der Waals surface area contributed by atoms with E-state index in [0.29, 0.717) is 0 Å². The Balaban J connectivity index is -0.00000000500. The molecule has 4 heavy (non-hydrogen) atoms. The molecule has 0 N–H and O–H groups in total. The summed E-state index contributed by atoms with van der Waals surface area (Å²) in [7, 11) is 0. The topological polar surface area (TPSA) is 46.1 Å². The van der Waals surface area contributed by atoms with Crippen molar-refractivity contribution < 1.29 is 30.0 Å². The predicted octanol–water partition coefficient (Wildman–Crippen LogP) is -2.27. The fourth-order valence-corrected chi connectivity index (χ4v) is 0. The van der Waals surface area contributed by atoms with Gasteiger partial charge in [0.1, 0.15) is 0 Å². The molecule has 0 unspecified atom stereocenters. The molecule has 22 valence electrons. The molecule has 0 aromatic rings. The van der Waals surface area contributed by atoms with Crippen LogP contribution in [0.2, 0.25) is 0 Å². The molecule has 0 saturated carbocycles. The van der Waals surface area contributed by atoms with Crippen LogP contribution in [0.25, 0.3) is 0 Å². The fourth-order valence-electron chi connectivity index (χ4n) is 0. The van der Waals surface area contributed by atoms with Crippen LogP contribution in [0.5, 0.6) is 0 Å². The van der Waals surface area contributed by atoms with Crippen LogP contribution in [0.15, 0.2) is 0 Å². The molecule has 0 aliphatic heterocycles. The van der Waals surface area contributed by atoms with Crippen LogP contribution < -0.4 is 10.5 Å². The third kappa shape index (κ3) is 13.0. The summed E-state index contributed by atoms with van der Waals surface area (Å²) in [6, 6.07) is 0. The van der Waals surface area contributed by atoms with Crippen LogP contribution in [0, 0.1) is 0 Å². The number of hydrogen-bond acceptors (Lipinski definition) is 2. The van der Waals surface area contributed by atoms with Gasteiger partial charge in [0.05, 0.1) is 0 Å². The molecule has 0 fully saturated rings. The van der Waals surface area contributed by atoms with E-state index in [0.717, 1.165) is 0 Å². The van der Waals surface area contributed by atoms with Gasteiger partial charge in [-0.3, -0.25) is 0 Å². The molecule has 0 bridgehead atoms. The maximum Gasteiger partial charge on any atom is 2.00 e. The maximum atomic E-state index is 7.00. The van der Waals surface area contributed by atoms with Gasteiger partial charge in [0, 0.05) is 0 Å². The quantitative estimate of drug-likeness (QED) is 0.212. The van der Waals surface area contributed by atoms with Crippen molar-refractivity contribution >= 4 is 13.5 Å². The van der Waals surface area contributed by atoms with E-state index < -0.39 is 0 Å². The van der Waals surface area contributed by atoms with Crippen LogP contribution >= 0.6 is 13.5 Å². The Bertz CT molecular complexity index is 6.00. The molecule has 0 atom stereocenters. The van der Waals surface area contributed by atoms with Gasteiger partial charge in [-0.25, -0.2) is 0 Å². The van der Waals surface area contributed by atoms with Crippen molar-refractivity contribution in [1.29, 1.82) is 0 Å². The van der Waals surface area contributed by atoms with Crippen molar-refractivity contribution in [2.24, 2.45) is 0 Å². The first-order valence-corrected chi connectivity index (χ1v) is 0.167. The van der Waals surface area contributed by atoms with E-state index in [1.807, 2.05) is 0 Å². The van der Waals surface area contributed by atoms with Crippen molar-refractivity contribution in [2.75, 3.05) is 0 Å². The van der Waals surface area contributed by atoms with Gasteiger partial charge in [-0.15, -0.1) is 0 Å². The van der Waals surface area contributed by atoms with Crippen molar-refractivity contribution in [3.8, 4) is 0 Å². The maximum absolute atomic E-state index is 7.00. The van der Waals surface area contributed by atoms with E-state index in [9.17, 15) is 0 Å². The molecule has 0 aliphatic rings. The Kier molecular flexibility index (Phi) is 211. The summed E-state index contributed by atoms with van der Waals surface area (Å²) in [5.41, 5.74) is 0. The Morgan fingerprint density at radius 1 is 1.00 bits per heavy atom. The van der Waals surface area contributed by atoms with Crippen LogP contribution in [0.4, 0.5) is 0 Å². The van der Waals surface area contributed by atoms with E-state index in [2.05, 4.69) is 0 Å². The van der Waals surface area contributed by atoms with E-state index in [1.54, 1.807) is 0 Å². The van der Waals surface area contributed by atoms with Gasteiger partial charge in [-0.1, -0.05) is 0 Å². The molecule has 0 radical (unpaired) electrons. The van der Waals surface area contributed by atoms with E-state index in [1.165, 1.54) is 0 Å². The Morgan fingerprint density at radius 3 is 1.00 bits per heavy atom. The van der Waals surface area contributed by atoms with Gasteiger partial charge in [-0.05, 0) is 0 Å². The Morgan fingerprint density at radius 2 is 1.00 bits per heavy atom. The first kappa shape index (κ1) is 20.7. The van der Waals surface area contributed by atoms with Gasteiger partial charge in [-0.2, -0.15) is 13.5 Å². The minimum absolute atomic E-state index is 0. The summed E-state index contributed by atoms with van der Waals surface area (Å²) >= 11 is 0. The third-order valence-corrected chi connectivity index (χ3v) is 0. The van der Waals surface area contributed by atoms with Gasteiger partial charge in [0.2, 0.25) is 0 Å². The van der Waals surface area contributed by atoms with Gasteiger partial charge >= 0.3 is 19.5 Å². The summed E-state index contributed by atoms with van der Waals surface area (Å²) in [6.07, 6.45) is 0. The SMILES string of the molecule is S.[O-][O-].[Zn+2]. The molecule has 0 amide bonds. The van der Waals surface area contributed by atoms with Gasteiger partial charge in [0.25, 0.3) is 0 Å². The second-order valence-electron chi connectivity index (χ2n) is 0. The fraction of sp³-hybridized carbons (Fsp3) is 0. The monoisotopic (exact) mass is 130 g/mol. The van der Waals surface area contributed by atoms with Crippen molar-refractivity contribution in [1.82, 2.24) is 0 Å². The van der Waals surface area contributed by atoms with Crippen LogP contribution in [0.1, 0.15) is 0 Å². The number of hydrogen-bond donors (Lipinski definition) is 0. The summed E-state index contributed by atoms with van der Waals surface area (Å²) in [4.78, 5) is 0. The largest absolute Gasteiger partial charge is 2.00 e. The first-order valence-electron chi connectivity index (χ1n) is 0.167. The summed E-state index contributed by atoms with van der Waals surface area (Å²) in [5, 5.41) is 14.0. The zero-order valence-electron chi connectivity index (χ0n) is 2.02. The normalized spacial score (nSPS) is 1.50. The van der Waals surface area contributed by atoms with Gasteiger partial charge in [0.15, 0.2) is 0 Å². The molecule has 0 aliphatic carbocycles.